The number of thioether (sulfide) groups is 4. The number of carbonyl (C=O) groups excluding carboxylic acids is 6. The van der Waals surface area contributed by atoms with E-state index < -0.39 is 27.4 Å². The zero-order valence-corrected chi connectivity index (χ0v) is 57.1. The van der Waals surface area contributed by atoms with Crippen molar-refractivity contribution >= 4 is 126 Å². The molecule has 4 aliphatic rings. The maximum Gasteiger partial charge on any atom is 0.312 e. The van der Waals surface area contributed by atoms with E-state index >= 15 is 0 Å². The lowest BCUT2D eigenvalue weighted by Crippen LogP contribution is -2.34. The third-order valence-electron chi connectivity index (χ3n) is 16.0. The molecule has 0 aromatic heterocycles. The van der Waals surface area contributed by atoms with Gasteiger partial charge in [0.2, 0.25) is 23.6 Å². The van der Waals surface area contributed by atoms with Gasteiger partial charge in [-0.3, -0.25) is 28.8 Å². The maximum atomic E-state index is 13.9. The van der Waals surface area contributed by atoms with Gasteiger partial charge in [-0.2, -0.15) is 0 Å². The SMILES string of the molecule is CC1C(C)C1(C)C(=O)OCCCCCCOC=O.CCC.CCCCSC(=S)SC1CC(=O)N(c2ccc(Oc3ccc(C(C)(C)C4=CCC(C)(Oc5ccc(N6C(=O)C(SC(=S)SCCCC)C(C(C)(C)C)C6=O)cc5)C=C4)cc3)cc2)C1=O. The van der Waals surface area contributed by atoms with Crippen molar-refractivity contribution in [2.75, 3.05) is 34.5 Å². The van der Waals surface area contributed by atoms with Crippen LogP contribution in [0.4, 0.5) is 11.4 Å². The third kappa shape index (κ3) is 19.5. The second-order valence-electron chi connectivity index (χ2n) is 24.1. The predicted octanol–water partition coefficient (Wildman–Crippen LogP) is 17.1. The van der Waals surface area contributed by atoms with Gasteiger partial charge in [-0.25, -0.2) is 9.80 Å². The van der Waals surface area contributed by atoms with E-state index in [4.69, 9.17) is 38.6 Å². The van der Waals surface area contributed by atoms with Crippen molar-refractivity contribution in [3.8, 4) is 17.2 Å². The van der Waals surface area contributed by atoms with Crippen molar-refractivity contribution < 1.29 is 47.7 Å². The topological polar surface area (TPSA) is 146 Å². The molecule has 3 aromatic carbocycles. The van der Waals surface area contributed by atoms with Gasteiger partial charge in [0.1, 0.15) is 35.2 Å². The number of ether oxygens (including phenoxy) is 4. The summed E-state index contributed by atoms with van der Waals surface area (Å²) in [5.41, 5.74) is 1.74. The molecule has 0 spiro atoms. The summed E-state index contributed by atoms with van der Waals surface area (Å²) in [4.78, 5) is 78.1. The lowest BCUT2D eigenvalue weighted by Gasteiger charge is -2.34. The summed E-state index contributed by atoms with van der Waals surface area (Å²) in [6, 6.07) is 22.2. The van der Waals surface area contributed by atoms with Crippen LogP contribution in [0.1, 0.15) is 166 Å². The largest absolute Gasteiger partial charge is 0.483 e. The van der Waals surface area contributed by atoms with Crippen LogP contribution in [0.2, 0.25) is 0 Å². The van der Waals surface area contributed by atoms with E-state index in [9.17, 15) is 28.8 Å². The minimum atomic E-state index is -0.603. The third-order valence-corrected chi connectivity index (χ3v) is 21.8. The van der Waals surface area contributed by atoms with E-state index in [1.54, 1.807) is 59.9 Å². The molecule has 0 N–H and O–H groups in total. The monoisotopic (exact) mass is 1270 g/mol. The summed E-state index contributed by atoms with van der Waals surface area (Å²) < 4.78 is 24.0. The Morgan fingerprint density at radius 3 is 1.71 bits per heavy atom. The molecule has 2 aliphatic carbocycles. The zero-order valence-electron chi connectivity index (χ0n) is 52.2. The highest BCUT2D eigenvalue weighted by molar-refractivity contribution is 8.48. The van der Waals surface area contributed by atoms with Crippen LogP contribution in [0.5, 0.6) is 17.2 Å². The first-order chi connectivity index (χ1) is 40.3. The minimum absolute atomic E-state index is 0.0493. The van der Waals surface area contributed by atoms with E-state index in [0.717, 1.165) is 74.0 Å². The average molecular weight is 1280 g/mol. The standard InChI is InChI=1S/C50H58N2O6S6.C14H24O4.C3H8/c1-9-11-29-61-46(59)63-39-31-40(53)51(43(39)54)34-15-21-37(22-16-34)57-36-19-13-32(14-20-36)49(6,7)33-25-27-50(8,28-26-33)58-38-23-17-35(18-24-38)52-44(55)41(48(3,4)5)42(45(52)56)64-47(60)62-30-12-10-2;1-11-12(2)14(11,3)13(16)18-9-7-5-4-6-8-17-10-15;1-3-2/h13-27,39,41-42H,9-12,28-31H2,1-8H3;10-12H,4-9H2,1-3H3;3H2,1-2H3. The van der Waals surface area contributed by atoms with Crippen LogP contribution < -0.4 is 19.3 Å². The first-order valence-electron chi connectivity index (χ1n) is 30.0. The maximum absolute atomic E-state index is 13.9. The number of allylic oxidation sites excluding steroid dienone is 2. The number of unbranched alkanes of at least 4 members (excludes halogenated alkanes) is 5. The second kappa shape index (κ2) is 33.2. The van der Waals surface area contributed by atoms with Crippen LogP contribution >= 0.6 is 71.5 Å². The number of hydrogen-bond donors (Lipinski definition) is 0. The number of rotatable bonds is 25. The summed E-state index contributed by atoms with van der Waals surface area (Å²) in [6.07, 6.45) is 16.5. The molecule has 0 bridgehead atoms. The number of nitrogens with zero attached hydrogens (tertiary/aromatic N) is 2. The fourth-order valence-electron chi connectivity index (χ4n) is 10.2. The summed E-state index contributed by atoms with van der Waals surface area (Å²) in [7, 11) is 0. The minimum Gasteiger partial charge on any atom is -0.483 e. The Morgan fingerprint density at radius 2 is 1.20 bits per heavy atom. The smallest absolute Gasteiger partial charge is 0.312 e. The van der Waals surface area contributed by atoms with Gasteiger partial charge in [0.15, 0.2) is 0 Å². The first-order valence-corrected chi connectivity index (χ1v) is 34.6. The van der Waals surface area contributed by atoms with Gasteiger partial charge in [0, 0.05) is 18.3 Å². The summed E-state index contributed by atoms with van der Waals surface area (Å²) in [5.74, 6) is 3.16. The molecule has 4 amide bonds. The molecule has 2 saturated heterocycles. The highest BCUT2D eigenvalue weighted by Gasteiger charge is 2.62. The predicted molar refractivity (Wildman–Crippen MR) is 362 cm³/mol. The van der Waals surface area contributed by atoms with Crippen LogP contribution in [0.3, 0.4) is 0 Å². The Kier molecular flexibility index (Phi) is 27.9. The molecule has 3 aromatic rings. The van der Waals surface area contributed by atoms with Crippen LogP contribution in [0, 0.1) is 28.6 Å². The van der Waals surface area contributed by atoms with Gasteiger partial charge in [-0.05, 0) is 159 Å². The van der Waals surface area contributed by atoms with Gasteiger partial charge in [0.05, 0.1) is 41.2 Å². The first kappa shape index (κ1) is 71.3. The van der Waals surface area contributed by atoms with Crippen molar-refractivity contribution in [2.45, 2.75) is 182 Å². The van der Waals surface area contributed by atoms with Crippen LogP contribution in [-0.2, 0) is 43.7 Å². The van der Waals surface area contributed by atoms with Crippen molar-refractivity contribution in [3.63, 3.8) is 0 Å². The van der Waals surface area contributed by atoms with Gasteiger partial charge >= 0.3 is 5.97 Å². The molecule has 0 radical (unpaired) electrons. The fourth-order valence-corrected chi connectivity index (χ4v) is 16.0. The van der Waals surface area contributed by atoms with Crippen molar-refractivity contribution in [3.05, 3.63) is 102 Å². The Hall–Kier alpha value is -4.46. The summed E-state index contributed by atoms with van der Waals surface area (Å²) in [6.45, 7) is 28.6. The molecule has 6 atom stereocenters. The number of esters is 1. The Labute approximate surface area is 534 Å². The molecule has 464 valence electrons. The number of amides is 4. The van der Waals surface area contributed by atoms with Crippen LogP contribution in [-0.4, -0.2) is 83.9 Å². The highest BCUT2D eigenvalue weighted by Crippen LogP contribution is 2.58. The quantitative estimate of drug-likeness (QED) is 0.0260. The van der Waals surface area contributed by atoms with E-state index in [-0.39, 0.29) is 46.8 Å². The van der Waals surface area contributed by atoms with E-state index in [1.165, 1.54) is 39.7 Å². The molecular weight excluding hydrogens is 1190 g/mol. The lowest BCUT2D eigenvalue weighted by molar-refractivity contribution is -0.150. The number of carbonyl (C=O) groups is 6. The Balaban J connectivity index is 0.000000531. The van der Waals surface area contributed by atoms with E-state index in [2.05, 4.69) is 90.5 Å². The van der Waals surface area contributed by atoms with Crippen molar-refractivity contribution in [1.82, 2.24) is 0 Å². The lowest BCUT2D eigenvalue weighted by atomic mass is 9.74. The van der Waals surface area contributed by atoms with Gasteiger partial charge in [-0.15, -0.1) is 23.5 Å². The number of hydrogen-bond acceptors (Lipinski definition) is 16. The number of benzene rings is 3. The molecule has 1 saturated carbocycles. The molecule has 2 aliphatic heterocycles. The van der Waals surface area contributed by atoms with Crippen molar-refractivity contribution in [1.29, 1.82) is 0 Å². The molecule has 3 fully saturated rings. The van der Waals surface area contributed by atoms with Crippen molar-refractivity contribution in [2.24, 2.45) is 28.6 Å². The number of anilines is 2. The normalized spacial score (nSPS) is 22.6. The Bertz CT molecular complexity index is 2820. The van der Waals surface area contributed by atoms with Crippen LogP contribution in [0.15, 0.2) is 96.6 Å². The average Bonchev–Trinajstić information content (AvgIpc) is 3.96. The van der Waals surface area contributed by atoms with E-state index in [0.29, 0.717) is 73.6 Å². The highest BCUT2D eigenvalue weighted by atomic mass is 32.2. The van der Waals surface area contributed by atoms with Crippen LogP contribution in [0.25, 0.3) is 0 Å². The molecule has 6 unspecified atom stereocenters. The molecule has 2 heterocycles. The summed E-state index contributed by atoms with van der Waals surface area (Å²) >= 11 is 16.9. The van der Waals surface area contributed by atoms with E-state index in [1.807, 2.05) is 58.9 Å². The molecule has 85 heavy (non-hydrogen) atoms. The summed E-state index contributed by atoms with van der Waals surface area (Å²) in [5, 5.41) is -1.06. The molecular formula is C67H90N2O10S6. The molecule has 7 rings (SSSR count). The molecule has 18 heteroatoms. The van der Waals surface area contributed by atoms with Gasteiger partial charge in [-0.1, -0.05) is 168 Å². The van der Waals surface area contributed by atoms with Gasteiger partial charge in [0.25, 0.3) is 6.47 Å². The Morgan fingerprint density at radius 1 is 0.682 bits per heavy atom. The number of thiocarbonyl (C=S) groups is 2. The molecule has 12 nitrogen and oxygen atoms in total. The fraction of sp³-hybridized carbons (Fsp3) is 0.552. The van der Waals surface area contributed by atoms with Gasteiger partial charge < -0.3 is 18.9 Å². The zero-order chi connectivity index (χ0) is 62.7. The second-order valence-corrected chi connectivity index (χ2v) is 31.1. The number of imide groups is 2.